The van der Waals surface area contributed by atoms with Gasteiger partial charge in [-0.1, -0.05) is 0 Å². The van der Waals surface area contributed by atoms with Crippen molar-refractivity contribution in [2.45, 2.75) is 32.6 Å². The van der Waals surface area contributed by atoms with Crippen LogP contribution in [-0.2, 0) is 11.2 Å². The first-order chi connectivity index (χ1) is 9.97. The van der Waals surface area contributed by atoms with Crippen LogP contribution >= 0.6 is 0 Å². The lowest BCUT2D eigenvalue weighted by Gasteiger charge is -2.01. The van der Waals surface area contributed by atoms with Gasteiger partial charge in [-0.05, 0) is 31.4 Å². The topological polar surface area (TPSA) is 76.2 Å². The molecule has 1 aromatic carbocycles. The second kappa shape index (κ2) is 6.43. The molecule has 0 radical (unpaired) electrons. The second-order valence-electron chi connectivity index (χ2n) is 4.68. The Morgan fingerprint density at radius 1 is 1.24 bits per heavy atom. The molecule has 21 heavy (non-hydrogen) atoms. The third-order valence-electron chi connectivity index (χ3n) is 2.98. The summed E-state index contributed by atoms with van der Waals surface area (Å²) in [7, 11) is 0. The first-order valence-corrected chi connectivity index (χ1v) is 6.47. The Hall–Kier alpha value is -2.31. The highest BCUT2D eigenvalue weighted by atomic mass is 19.1. The lowest BCUT2D eigenvalue weighted by Crippen LogP contribution is -1.95. The standard InChI is InChI=1S/C14H14F2N2O3/c1-8-6-9(11(16)7-10(8)15)14-18-17-12(21-14)4-2-3-5-13(19)20/h6-7H,2-5H2,1H3,(H,19,20). The Kier molecular flexibility index (Phi) is 4.62. The third-order valence-corrected chi connectivity index (χ3v) is 2.98. The van der Waals surface area contributed by atoms with Crippen molar-refractivity contribution in [3.05, 3.63) is 35.2 Å². The summed E-state index contributed by atoms with van der Waals surface area (Å²) >= 11 is 0. The Morgan fingerprint density at radius 3 is 2.71 bits per heavy atom. The zero-order valence-corrected chi connectivity index (χ0v) is 11.4. The van der Waals surface area contributed by atoms with E-state index in [1.807, 2.05) is 0 Å². The Labute approximate surface area is 119 Å². The van der Waals surface area contributed by atoms with Crippen molar-refractivity contribution in [1.29, 1.82) is 0 Å². The minimum atomic E-state index is -0.856. The van der Waals surface area contributed by atoms with E-state index in [0.29, 0.717) is 25.2 Å². The number of carboxylic acids is 1. The molecule has 0 spiro atoms. The number of carbonyl (C=O) groups is 1. The maximum atomic E-state index is 13.7. The normalized spacial score (nSPS) is 10.8. The molecule has 1 aromatic heterocycles. The molecule has 0 saturated carbocycles. The predicted molar refractivity (Wildman–Crippen MR) is 69.6 cm³/mol. The van der Waals surface area contributed by atoms with E-state index in [9.17, 15) is 13.6 Å². The molecule has 1 heterocycles. The van der Waals surface area contributed by atoms with Crippen LogP contribution in [0.2, 0.25) is 0 Å². The fourth-order valence-corrected chi connectivity index (χ4v) is 1.84. The third kappa shape index (κ3) is 3.84. The zero-order valence-electron chi connectivity index (χ0n) is 11.4. The van der Waals surface area contributed by atoms with E-state index in [2.05, 4.69) is 10.2 Å². The smallest absolute Gasteiger partial charge is 0.303 e. The number of aryl methyl sites for hydroxylation is 2. The Bertz CT molecular complexity index is 656. The minimum Gasteiger partial charge on any atom is -0.481 e. The van der Waals surface area contributed by atoms with E-state index in [1.54, 1.807) is 0 Å². The first-order valence-electron chi connectivity index (χ1n) is 6.47. The van der Waals surface area contributed by atoms with Crippen molar-refractivity contribution in [2.75, 3.05) is 0 Å². The van der Waals surface area contributed by atoms with Crippen molar-refractivity contribution in [3.8, 4) is 11.5 Å². The van der Waals surface area contributed by atoms with Gasteiger partial charge in [0.15, 0.2) is 0 Å². The number of aliphatic carboxylic acids is 1. The predicted octanol–water partition coefficient (Wildman–Crippen LogP) is 3.12. The van der Waals surface area contributed by atoms with Crippen LogP contribution in [0.1, 0.15) is 30.7 Å². The Morgan fingerprint density at radius 2 is 2.00 bits per heavy atom. The molecule has 0 fully saturated rings. The zero-order chi connectivity index (χ0) is 15.4. The molecular weight excluding hydrogens is 282 g/mol. The number of unbranched alkanes of at least 4 members (excludes halogenated alkanes) is 1. The molecule has 0 amide bonds. The molecule has 7 heteroatoms. The monoisotopic (exact) mass is 296 g/mol. The summed E-state index contributed by atoms with van der Waals surface area (Å²) in [6.07, 6.45) is 1.57. The molecule has 5 nitrogen and oxygen atoms in total. The van der Waals surface area contributed by atoms with Gasteiger partial charge < -0.3 is 9.52 Å². The summed E-state index contributed by atoms with van der Waals surface area (Å²) < 4.78 is 32.2. The highest BCUT2D eigenvalue weighted by Crippen LogP contribution is 2.24. The van der Waals surface area contributed by atoms with Crippen LogP contribution < -0.4 is 0 Å². The molecular formula is C14H14F2N2O3. The van der Waals surface area contributed by atoms with Crippen LogP contribution in [-0.4, -0.2) is 21.3 Å². The van der Waals surface area contributed by atoms with Gasteiger partial charge in [-0.15, -0.1) is 10.2 Å². The first kappa shape index (κ1) is 15.1. The molecule has 2 rings (SSSR count). The van der Waals surface area contributed by atoms with Gasteiger partial charge in [0.2, 0.25) is 5.89 Å². The second-order valence-corrected chi connectivity index (χ2v) is 4.68. The minimum absolute atomic E-state index is 0.0103. The van der Waals surface area contributed by atoms with E-state index in [4.69, 9.17) is 9.52 Å². The van der Waals surface area contributed by atoms with Crippen LogP contribution in [0, 0.1) is 18.6 Å². The van der Waals surface area contributed by atoms with Gasteiger partial charge in [0.05, 0.1) is 5.56 Å². The summed E-state index contributed by atoms with van der Waals surface area (Å²) in [4.78, 5) is 10.4. The maximum Gasteiger partial charge on any atom is 0.303 e. The van der Waals surface area contributed by atoms with Crippen LogP contribution in [0.3, 0.4) is 0 Å². The molecule has 0 aliphatic heterocycles. The van der Waals surface area contributed by atoms with Crippen molar-refractivity contribution < 1.29 is 23.1 Å². The van der Waals surface area contributed by atoms with Gasteiger partial charge in [-0.3, -0.25) is 4.79 Å². The van der Waals surface area contributed by atoms with Gasteiger partial charge in [0.25, 0.3) is 5.89 Å². The average molecular weight is 296 g/mol. The fourth-order valence-electron chi connectivity index (χ4n) is 1.84. The number of carboxylic acid groups (broad SMARTS) is 1. The van der Waals surface area contributed by atoms with Crippen molar-refractivity contribution >= 4 is 5.97 Å². The van der Waals surface area contributed by atoms with Gasteiger partial charge in [0, 0.05) is 18.9 Å². The molecule has 0 aliphatic rings. The van der Waals surface area contributed by atoms with E-state index in [0.717, 1.165) is 6.07 Å². The van der Waals surface area contributed by atoms with E-state index in [1.165, 1.54) is 13.0 Å². The number of hydrogen-bond donors (Lipinski definition) is 1. The van der Waals surface area contributed by atoms with Gasteiger partial charge in [0.1, 0.15) is 11.6 Å². The van der Waals surface area contributed by atoms with Crippen LogP contribution in [0.5, 0.6) is 0 Å². The number of halogens is 2. The van der Waals surface area contributed by atoms with Crippen LogP contribution in [0.4, 0.5) is 8.78 Å². The molecule has 0 bridgehead atoms. The number of aromatic nitrogens is 2. The molecule has 2 aromatic rings. The highest BCUT2D eigenvalue weighted by molar-refractivity contribution is 5.66. The summed E-state index contributed by atoms with van der Waals surface area (Å²) in [6.45, 7) is 1.52. The quantitative estimate of drug-likeness (QED) is 0.829. The van der Waals surface area contributed by atoms with Crippen LogP contribution in [0.15, 0.2) is 16.5 Å². The molecule has 0 saturated heterocycles. The van der Waals surface area contributed by atoms with Gasteiger partial charge in [-0.25, -0.2) is 8.78 Å². The fraction of sp³-hybridized carbons (Fsp3) is 0.357. The summed E-state index contributed by atoms with van der Waals surface area (Å²) in [5.74, 6) is -1.96. The van der Waals surface area contributed by atoms with Gasteiger partial charge >= 0.3 is 5.97 Å². The summed E-state index contributed by atoms with van der Waals surface area (Å²) in [5.41, 5.74) is 0.339. The van der Waals surface area contributed by atoms with Crippen molar-refractivity contribution in [3.63, 3.8) is 0 Å². The molecule has 0 unspecified atom stereocenters. The number of nitrogens with zero attached hydrogens (tertiary/aromatic N) is 2. The molecule has 1 N–H and O–H groups in total. The SMILES string of the molecule is Cc1cc(-c2nnc(CCCCC(=O)O)o2)c(F)cc1F. The molecule has 0 aliphatic carbocycles. The largest absolute Gasteiger partial charge is 0.481 e. The van der Waals surface area contributed by atoms with Crippen molar-refractivity contribution in [1.82, 2.24) is 10.2 Å². The Balaban J connectivity index is 2.06. The maximum absolute atomic E-state index is 13.7. The summed E-state index contributed by atoms with van der Waals surface area (Å²) in [6, 6.07) is 2.09. The highest BCUT2D eigenvalue weighted by Gasteiger charge is 2.15. The van der Waals surface area contributed by atoms with E-state index >= 15 is 0 Å². The lowest BCUT2D eigenvalue weighted by molar-refractivity contribution is -0.137. The van der Waals surface area contributed by atoms with E-state index < -0.39 is 17.6 Å². The molecule has 112 valence electrons. The summed E-state index contributed by atoms with van der Waals surface area (Å²) in [5, 5.41) is 16.0. The number of benzene rings is 1. The molecule has 0 atom stereocenters. The van der Waals surface area contributed by atoms with E-state index in [-0.39, 0.29) is 23.4 Å². The van der Waals surface area contributed by atoms with Gasteiger partial charge in [-0.2, -0.15) is 0 Å². The number of hydrogen-bond acceptors (Lipinski definition) is 4. The van der Waals surface area contributed by atoms with Crippen LogP contribution in [0.25, 0.3) is 11.5 Å². The number of rotatable bonds is 6. The lowest BCUT2D eigenvalue weighted by atomic mass is 10.1. The average Bonchev–Trinajstić information content (AvgIpc) is 2.87. The van der Waals surface area contributed by atoms with Crippen molar-refractivity contribution in [2.24, 2.45) is 0 Å².